The van der Waals surface area contributed by atoms with Crippen LogP contribution < -0.4 is 29.6 Å². The van der Waals surface area contributed by atoms with Gasteiger partial charge in [0.1, 0.15) is 0 Å². The summed E-state index contributed by atoms with van der Waals surface area (Å²) in [7, 11) is 1.36. The van der Waals surface area contributed by atoms with E-state index in [9.17, 15) is 4.79 Å². The van der Waals surface area contributed by atoms with Crippen molar-refractivity contribution in [3.8, 4) is 0 Å². The summed E-state index contributed by atoms with van der Waals surface area (Å²) in [5.41, 5.74) is 0.539. The van der Waals surface area contributed by atoms with Gasteiger partial charge in [0, 0.05) is 0 Å². The third-order valence-corrected chi connectivity index (χ3v) is 1.10. The van der Waals surface area contributed by atoms with E-state index < -0.39 is 0 Å². The van der Waals surface area contributed by atoms with Gasteiger partial charge in [0.05, 0.1) is 7.11 Å². The van der Waals surface area contributed by atoms with Gasteiger partial charge in [-0.15, -0.1) is 11.6 Å². The summed E-state index contributed by atoms with van der Waals surface area (Å²) in [5, 5.41) is 0. The largest absolute Gasteiger partial charge is 1.00 e. The maximum atomic E-state index is 10.6. The summed E-state index contributed by atoms with van der Waals surface area (Å²) in [6, 6.07) is 0. The summed E-state index contributed by atoms with van der Waals surface area (Å²) in [5.74, 6) is -0.302. The summed E-state index contributed by atoms with van der Waals surface area (Å²) in [6.45, 7) is 0. The molecule has 2 nitrogen and oxygen atoms in total. The van der Waals surface area contributed by atoms with Gasteiger partial charge in [-0.05, 0) is 0 Å². The maximum absolute atomic E-state index is 10.6. The molecule has 1 aliphatic rings. The number of ether oxygens (including phenoxy) is 1. The molecule has 10 heavy (non-hydrogen) atoms. The minimum atomic E-state index is -0.302. The molecule has 48 valence electrons. The first-order chi connectivity index (χ1) is 4.34. The Morgan fingerprint density at radius 2 is 2.50 bits per heavy atom. The summed E-state index contributed by atoms with van der Waals surface area (Å²) < 4.78 is 4.44. The molecule has 1 rings (SSSR count). The molecule has 0 bridgehead atoms. The Hall–Kier alpha value is -0.0500. The first kappa shape index (κ1) is 9.95. The van der Waals surface area contributed by atoms with Crippen molar-refractivity contribution in [3.05, 3.63) is 23.8 Å². The van der Waals surface area contributed by atoms with Crippen LogP contribution in [0.4, 0.5) is 0 Å². The first-order valence-corrected chi connectivity index (χ1v) is 2.70. The summed E-state index contributed by atoms with van der Waals surface area (Å²) in [4.78, 5) is 10.6. The molecule has 0 saturated carbocycles. The van der Waals surface area contributed by atoms with Crippen LogP contribution in [-0.4, -0.2) is 13.1 Å². The van der Waals surface area contributed by atoms with Crippen LogP contribution in [0, 0.1) is 6.08 Å². The van der Waals surface area contributed by atoms with Gasteiger partial charge in [0.15, 0.2) is 0 Å². The van der Waals surface area contributed by atoms with Crippen molar-refractivity contribution < 1.29 is 39.1 Å². The van der Waals surface area contributed by atoms with Crippen LogP contribution in [0.2, 0.25) is 0 Å². The van der Waals surface area contributed by atoms with E-state index in [-0.39, 0.29) is 35.5 Å². The Kier molecular flexibility index (Phi) is 4.69. The zero-order valence-electron chi connectivity index (χ0n) is 6.18. The Labute approximate surface area is 82.2 Å². The molecule has 0 aromatic heterocycles. The first-order valence-electron chi connectivity index (χ1n) is 2.70. The minimum absolute atomic E-state index is 0. The van der Waals surface area contributed by atoms with E-state index in [0.717, 1.165) is 6.42 Å². The van der Waals surface area contributed by atoms with Gasteiger partial charge >= 0.3 is 29.6 Å². The van der Waals surface area contributed by atoms with E-state index in [4.69, 9.17) is 0 Å². The quantitative estimate of drug-likeness (QED) is 0.239. The van der Waals surface area contributed by atoms with Gasteiger partial charge in [0.25, 0.3) is 0 Å². The van der Waals surface area contributed by atoms with Crippen LogP contribution in [0.15, 0.2) is 17.7 Å². The van der Waals surface area contributed by atoms with Crippen molar-refractivity contribution in [2.24, 2.45) is 0 Å². The zero-order chi connectivity index (χ0) is 6.69. The van der Waals surface area contributed by atoms with Crippen molar-refractivity contribution >= 4 is 5.97 Å². The van der Waals surface area contributed by atoms with E-state index in [1.54, 1.807) is 6.08 Å². The second-order valence-corrected chi connectivity index (χ2v) is 1.69. The predicted octanol–water partition coefficient (Wildman–Crippen LogP) is -2.15. The molecular formula is C7H7NaO2. The van der Waals surface area contributed by atoms with Crippen molar-refractivity contribution in [2.75, 3.05) is 7.11 Å². The van der Waals surface area contributed by atoms with Crippen molar-refractivity contribution in [2.45, 2.75) is 6.42 Å². The summed E-state index contributed by atoms with van der Waals surface area (Å²) >= 11 is 0. The van der Waals surface area contributed by atoms with Gasteiger partial charge in [-0.2, -0.15) is 12.2 Å². The second-order valence-electron chi connectivity index (χ2n) is 1.69. The molecule has 0 aliphatic heterocycles. The topological polar surface area (TPSA) is 26.3 Å². The molecule has 0 unspecified atom stereocenters. The van der Waals surface area contributed by atoms with Crippen LogP contribution in [0.25, 0.3) is 0 Å². The van der Waals surface area contributed by atoms with E-state index in [0.29, 0.717) is 5.57 Å². The van der Waals surface area contributed by atoms with Gasteiger partial charge < -0.3 is 9.53 Å². The predicted molar refractivity (Wildman–Crippen MR) is 32.5 cm³/mol. The Morgan fingerprint density at radius 1 is 1.80 bits per heavy atom. The van der Waals surface area contributed by atoms with Gasteiger partial charge in [-0.25, -0.2) is 0 Å². The maximum Gasteiger partial charge on any atom is 1.00 e. The third-order valence-electron chi connectivity index (χ3n) is 1.10. The normalized spacial score (nSPS) is 13.9. The van der Waals surface area contributed by atoms with Crippen molar-refractivity contribution in [1.29, 1.82) is 0 Å². The third kappa shape index (κ3) is 2.29. The molecule has 0 fully saturated rings. The molecular weight excluding hydrogens is 139 g/mol. The van der Waals surface area contributed by atoms with Gasteiger partial charge in [0.2, 0.25) is 5.97 Å². The fourth-order valence-electron chi connectivity index (χ4n) is 0.655. The Bertz CT molecular complexity index is 182. The fraction of sp³-hybridized carbons (Fsp3) is 0.286. The molecule has 0 radical (unpaired) electrons. The summed E-state index contributed by atoms with van der Waals surface area (Å²) in [6.07, 6.45) is 7.15. The standard InChI is InChI=1S/C7H7O2.Na/c1-9-7(8)6-4-2-3-5-6;/h2,4H,3H2,1H3;/q-1;+1. The van der Waals surface area contributed by atoms with Crippen molar-refractivity contribution in [3.63, 3.8) is 0 Å². The monoisotopic (exact) mass is 146 g/mol. The van der Waals surface area contributed by atoms with Crippen LogP contribution >= 0.6 is 0 Å². The number of rotatable bonds is 1. The Balaban J connectivity index is 0.000000810. The second kappa shape index (κ2) is 4.72. The van der Waals surface area contributed by atoms with E-state index in [1.165, 1.54) is 7.11 Å². The smallest absolute Gasteiger partial charge is 0.523 e. The molecule has 0 heterocycles. The number of hydrogen-bond acceptors (Lipinski definition) is 2. The molecule has 0 atom stereocenters. The molecule has 1 aliphatic carbocycles. The van der Waals surface area contributed by atoms with E-state index in [1.807, 2.05) is 6.08 Å². The van der Waals surface area contributed by atoms with Crippen LogP contribution in [0.3, 0.4) is 0 Å². The molecule has 0 aromatic rings. The van der Waals surface area contributed by atoms with Crippen molar-refractivity contribution in [1.82, 2.24) is 0 Å². The number of carbonyl (C=O) groups is 1. The molecule has 3 heteroatoms. The van der Waals surface area contributed by atoms with Gasteiger partial charge in [-0.3, -0.25) is 0 Å². The Morgan fingerprint density at radius 3 is 2.90 bits per heavy atom. The molecule has 0 spiro atoms. The fourth-order valence-corrected chi connectivity index (χ4v) is 0.655. The SMILES string of the molecule is COC(=O)C1=[C-]CC=C1.[Na+]. The molecule has 0 saturated heterocycles. The average molecular weight is 146 g/mol. The molecule has 0 aromatic carbocycles. The van der Waals surface area contributed by atoms with E-state index in [2.05, 4.69) is 10.8 Å². The number of carbonyl (C=O) groups excluding carboxylic acids is 1. The van der Waals surface area contributed by atoms with Crippen LogP contribution in [0.1, 0.15) is 6.42 Å². The number of methoxy groups -OCH3 is 1. The number of allylic oxidation sites excluding steroid dienone is 2. The number of esters is 1. The molecule has 0 N–H and O–H groups in total. The minimum Gasteiger partial charge on any atom is -0.523 e. The van der Waals surface area contributed by atoms with E-state index >= 15 is 0 Å². The number of hydrogen-bond donors (Lipinski definition) is 0. The van der Waals surface area contributed by atoms with Gasteiger partial charge in [-0.1, -0.05) is 6.42 Å². The molecule has 0 amide bonds. The van der Waals surface area contributed by atoms with Crippen LogP contribution in [-0.2, 0) is 9.53 Å². The average Bonchev–Trinajstić information content (AvgIpc) is 2.37. The van der Waals surface area contributed by atoms with Crippen LogP contribution in [0.5, 0.6) is 0 Å². The zero-order valence-corrected chi connectivity index (χ0v) is 8.18.